The molecule has 5 heteroatoms. The molecule has 0 saturated carbocycles. The lowest BCUT2D eigenvalue weighted by molar-refractivity contribution is -0.137. The summed E-state index contributed by atoms with van der Waals surface area (Å²) in [6, 6.07) is 0. The SMILES string of the molecule is O=C(O)CCNC(=O)C1CCCO1. The molecule has 1 amide bonds. The molecule has 1 aliphatic rings. The van der Waals surface area contributed by atoms with E-state index in [-0.39, 0.29) is 25.0 Å². The van der Waals surface area contributed by atoms with E-state index in [2.05, 4.69) is 5.32 Å². The lowest BCUT2D eigenvalue weighted by atomic mass is 10.2. The smallest absolute Gasteiger partial charge is 0.305 e. The molecule has 0 aromatic carbocycles. The first-order chi connectivity index (χ1) is 6.20. The molecule has 1 fully saturated rings. The summed E-state index contributed by atoms with van der Waals surface area (Å²) in [5, 5.41) is 10.8. The van der Waals surface area contributed by atoms with Gasteiger partial charge < -0.3 is 15.2 Å². The number of hydrogen-bond acceptors (Lipinski definition) is 3. The van der Waals surface area contributed by atoms with Crippen LogP contribution in [0.5, 0.6) is 0 Å². The molecule has 1 atom stereocenters. The minimum Gasteiger partial charge on any atom is -0.481 e. The summed E-state index contributed by atoms with van der Waals surface area (Å²) in [4.78, 5) is 21.3. The Bertz CT molecular complexity index is 198. The molecule has 0 spiro atoms. The second-order valence-corrected chi connectivity index (χ2v) is 2.94. The van der Waals surface area contributed by atoms with Gasteiger partial charge in [-0.25, -0.2) is 0 Å². The van der Waals surface area contributed by atoms with Gasteiger partial charge in [0.2, 0.25) is 5.91 Å². The van der Waals surface area contributed by atoms with E-state index in [0.717, 1.165) is 12.8 Å². The van der Waals surface area contributed by atoms with Crippen molar-refractivity contribution in [1.29, 1.82) is 0 Å². The van der Waals surface area contributed by atoms with Crippen molar-refractivity contribution in [3.63, 3.8) is 0 Å². The van der Waals surface area contributed by atoms with Crippen molar-refractivity contribution in [2.45, 2.75) is 25.4 Å². The van der Waals surface area contributed by atoms with Crippen LogP contribution in [0.4, 0.5) is 0 Å². The van der Waals surface area contributed by atoms with E-state index in [1.165, 1.54) is 0 Å². The van der Waals surface area contributed by atoms with Gasteiger partial charge in [-0.2, -0.15) is 0 Å². The summed E-state index contributed by atoms with van der Waals surface area (Å²) in [5.74, 6) is -1.11. The van der Waals surface area contributed by atoms with Crippen LogP contribution in [0.2, 0.25) is 0 Å². The van der Waals surface area contributed by atoms with Crippen LogP contribution in [0, 0.1) is 0 Å². The molecular formula is C8H13NO4. The Morgan fingerprint density at radius 2 is 2.31 bits per heavy atom. The maximum absolute atomic E-state index is 11.2. The van der Waals surface area contributed by atoms with Gasteiger partial charge in [0.05, 0.1) is 6.42 Å². The quantitative estimate of drug-likeness (QED) is 0.636. The Hall–Kier alpha value is -1.10. The molecule has 13 heavy (non-hydrogen) atoms. The predicted octanol–water partition coefficient (Wildman–Crippen LogP) is -0.244. The van der Waals surface area contributed by atoms with Gasteiger partial charge in [0, 0.05) is 13.2 Å². The third-order valence-electron chi connectivity index (χ3n) is 1.86. The summed E-state index contributed by atoms with van der Waals surface area (Å²) in [7, 11) is 0. The lowest BCUT2D eigenvalue weighted by Gasteiger charge is -2.08. The molecule has 1 heterocycles. The zero-order valence-electron chi connectivity index (χ0n) is 7.28. The average Bonchev–Trinajstić information content (AvgIpc) is 2.55. The fraction of sp³-hybridized carbons (Fsp3) is 0.750. The van der Waals surface area contributed by atoms with Gasteiger partial charge >= 0.3 is 5.97 Å². The van der Waals surface area contributed by atoms with E-state index in [1.807, 2.05) is 0 Å². The number of carboxylic acid groups (broad SMARTS) is 1. The number of amides is 1. The minimum absolute atomic E-state index is 0.0432. The molecule has 74 valence electrons. The molecule has 1 aliphatic heterocycles. The zero-order valence-corrected chi connectivity index (χ0v) is 7.28. The maximum atomic E-state index is 11.2. The summed E-state index contributed by atoms with van der Waals surface area (Å²) in [6.07, 6.45) is 1.22. The second-order valence-electron chi connectivity index (χ2n) is 2.94. The number of aliphatic carboxylic acids is 1. The van der Waals surface area contributed by atoms with E-state index in [9.17, 15) is 9.59 Å². The molecule has 1 rings (SSSR count). The fourth-order valence-corrected chi connectivity index (χ4v) is 1.19. The van der Waals surface area contributed by atoms with Crippen molar-refractivity contribution in [1.82, 2.24) is 5.32 Å². The van der Waals surface area contributed by atoms with Crippen LogP contribution >= 0.6 is 0 Å². The number of rotatable bonds is 4. The first-order valence-electron chi connectivity index (χ1n) is 4.31. The van der Waals surface area contributed by atoms with E-state index < -0.39 is 5.97 Å². The van der Waals surface area contributed by atoms with Crippen molar-refractivity contribution in [3.8, 4) is 0 Å². The van der Waals surface area contributed by atoms with Gasteiger partial charge in [-0.15, -0.1) is 0 Å². The molecule has 2 N–H and O–H groups in total. The Labute approximate surface area is 76.1 Å². The van der Waals surface area contributed by atoms with Crippen molar-refractivity contribution >= 4 is 11.9 Å². The summed E-state index contributed by atoms with van der Waals surface area (Å²) < 4.78 is 5.11. The summed E-state index contributed by atoms with van der Waals surface area (Å²) >= 11 is 0. The standard InChI is InChI=1S/C8H13NO4/c10-7(11)3-4-9-8(12)6-2-1-5-13-6/h6H,1-5H2,(H,9,12)(H,10,11). The van der Waals surface area contributed by atoms with Gasteiger partial charge in [-0.05, 0) is 12.8 Å². The fourth-order valence-electron chi connectivity index (χ4n) is 1.19. The highest BCUT2D eigenvalue weighted by Crippen LogP contribution is 2.11. The number of hydrogen-bond donors (Lipinski definition) is 2. The highest BCUT2D eigenvalue weighted by atomic mass is 16.5. The molecule has 0 aliphatic carbocycles. The molecule has 5 nitrogen and oxygen atoms in total. The van der Waals surface area contributed by atoms with Gasteiger partial charge in [-0.3, -0.25) is 9.59 Å². The van der Waals surface area contributed by atoms with Crippen LogP contribution in [0.3, 0.4) is 0 Å². The third-order valence-corrected chi connectivity index (χ3v) is 1.86. The molecule has 1 unspecified atom stereocenters. The number of ether oxygens (including phenoxy) is 1. The highest BCUT2D eigenvalue weighted by molar-refractivity contribution is 5.81. The minimum atomic E-state index is -0.910. The summed E-state index contributed by atoms with van der Waals surface area (Å²) in [6.45, 7) is 0.797. The maximum Gasteiger partial charge on any atom is 0.305 e. The largest absolute Gasteiger partial charge is 0.481 e. The molecule has 1 saturated heterocycles. The Morgan fingerprint density at radius 1 is 1.54 bits per heavy atom. The van der Waals surface area contributed by atoms with Crippen LogP contribution < -0.4 is 5.32 Å². The second kappa shape index (κ2) is 4.81. The van der Waals surface area contributed by atoms with Crippen molar-refractivity contribution in [2.24, 2.45) is 0 Å². The number of carbonyl (C=O) groups excluding carboxylic acids is 1. The molecule has 0 aromatic rings. The van der Waals surface area contributed by atoms with Crippen LogP contribution in [-0.2, 0) is 14.3 Å². The first-order valence-corrected chi connectivity index (χ1v) is 4.31. The number of carboxylic acids is 1. The predicted molar refractivity (Wildman–Crippen MR) is 44.2 cm³/mol. The Morgan fingerprint density at radius 3 is 2.85 bits per heavy atom. The summed E-state index contributed by atoms with van der Waals surface area (Å²) in [5.41, 5.74) is 0. The van der Waals surface area contributed by atoms with E-state index in [0.29, 0.717) is 6.61 Å². The van der Waals surface area contributed by atoms with Crippen molar-refractivity contribution < 1.29 is 19.4 Å². The number of carbonyl (C=O) groups is 2. The molecule has 0 aromatic heterocycles. The monoisotopic (exact) mass is 187 g/mol. The van der Waals surface area contributed by atoms with Crippen LogP contribution in [0.25, 0.3) is 0 Å². The highest BCUT2D eigenvalue weighted by Gasteiger charge is 2.22. The average molecular weight is 187 g/mol. The van der Waals surface area contributed by atoms with E-state index >= 15 is 0 Å². The van der Waals surface area contributed by atoms with E-state index in [4.69, 9.17) is 9.84 Å². The third kappa shape index (κ3) is 3.42. The Kier molecular flexibility index (Phi) is 3.70. The lowest BCUT2D eigenvalue weighted by Crippen LogP contribution is -2.35. The van der Waals surface area contributed by atoms with Gasteiger partial charge in [0.1, 0.15) is 6.10 Å². The van der Waals surface area contributed by atoms with Gasteiger partial charge in [0.25, 0.3) is 0 Å². The first kappa shape index (κ1) is 9.98. The normalized spacial score (nSPS) is 21.4. The van der Waals surface area contributed by atoms with Gasteiger partial charge in [-0.1, -0.05) is 0 Å². The van der Waals surface area contributed by atoms with Crippen LogP contribution in [0.1, 0.15) is 19.3 Å². The molecule has 0 bridgehead atoms. The van der Waals surface area contributed by atoms with Crippen LogP contribution in [0.15, 0.2) is 0 Å². The topological polar surface area (TPSA) is 75.6 Å². The molecule has 0 radical (unpaired) electrons. The van der Waals surface area contributed by atoms with E-state index in [1.54, 1.807) is 0 Å². The zero-order chi connectivity index (χ0) is 9.68. The molecular weight excluding hydrogens is 174 g/mol. The van der Waals surface area contributed by atoms with Gasteiger partial charge in [0.15, 0.2) is 0 Å². The van der Waals surface area contributed by atoms with Crippen molar-refractivity contribution in [3.05, 3.63) is 0 Å². The van der Waals surface area contributed by atoms with Crippen molar-refractivity contribution in [2.75, 3.05) is 13.2 Å². The number of nitrogens with one attached hydrogen (secondary N) is 1. The van der Waals surface area contributed by atoms with Crippen LogP contribution in [-0.4, -0.2) is 36.2 Å². The Balaban J connectivity index is 2.13.